The number of hydrogen-bond acceptors (Lipinski definition) is 4. The zero-order valence-electron chi connectivity index (χ0n) is 11.6. The molecule has 0 unspecified atom stereocenters. The number of carbonyl (C=O) groups is 1. The van der Waals surface area contributed by atoms with Gasteiger partial charge in [0.05, 0.1) is 24.4 Å². The number of rotatable bonds is 3. The SMILES string of the molecule is COc1cc(C#N)ccc1NC(=O)c1c[nH]c(C)cc1=O. The lowest BCUT2D eigenvalue weighted by Gasteiger charge is -2.10. The van der Waals surface area contributed by atoms with Gasteiger partial charge in [0.2, 0.25) is 0 Å². The number of amides is 1. The molecule has 1 heterocycles. The van der Waals surface area contributed by atoms with Gasteiger partial charge in [0.15, 0.2) is 5.43 Å². The number of aryl methyl sites for hydroxylation is 1. The van der Waals surface area contributed by atoms with E-state index in [2.05, 4.69) is 10.3 Å². The molecule has 106 valence electrons. The molecule has 1 amide bonds. The van der Waals surface area contributed by atoms with Crippen LogP contribution < -0.4 is 15.5 Å². The van der Waals surface area contributed by atoms with Gasteiger partial charge in [-0.05, 0) is 19.1 Å². The van der Waals surface area contributed by atoms with E-state index in [0.29, 0.717) is 22.7 Å². The highest BCUT2D eigenvalue weighted by Crippen LogP contribution is 2.25. The fourth-order valence-electron chi connectivity index (χ4n) is 1.80. The lowest BCUT2D eigenvalue weighted by atomic mass is 10.2. The van der Waals surface area contributed by atoms with E-state index in [0.717, 1.165) is 0 Å². The van der Waals surface area contributed by atoms with Gasteiger partial charge in [-0.2, -0.15) is 5.26 Å². The van der Waals surface area contributed by atoms with Crippen molar-refractivity contribution in [2.24, 2.45) is 0 Å². The number of benzene rings is 1. The van der Waals surface area contributed by atoms with E-state index in [1.54, 1.807) is 19.1 Å². The first-order chi connectivity index (χ1) is 10.0. The van der Waals surface area contributed by atoms with Crippen LogP contribution >= 0.6 is 0 Å². The number of nitriles is 1. The van der Waals surface area contributed by atoms with Crippen LogP contribution in [0, 0.1) is 18.3 Å². The Morgan fingerprint density at radius 1 is 1.38 bits per heavy atom. The molecule has 0 spiro atoms. The Balaban J connectivity index is 2.32. The summed E-state index contributed by atoms with van der Waals surface area (Å²) in [4.78, 5) is 26.7. The summed E-state index contributed by atoms with van der Waals surface area (Å²) in [6.07, 6.45) is 1.36. The molecule has 0 aliphatic carbocycles. The Hall–Kier alpha value is -3.07. The van der Waals surface area contributed by atoms with Crippen LogP contribution in [0.2, 0.25) is 0 Å². The lowest BCUT2D eigenvalue weighted by molar-refractivity contribution is 0.102. The highest BCUT2D eigenvalue weighted by atomic mass is 16.5. The number of nitrogens with zero attached hydrogens (tertiary/aromatic N) is 1. The summed E-state index contributed by atoms with van der Waals surface area (Å²) in [5, 5.41) is 11.4. The molecule has 0 radical (unpaired) electrons. The number of carbonyl (C=O) groups excluding carboxylic acids is 1. The van der Waals surface area contributed by atoms with Crippen LogP contribution in [0.5, 0.6) is 5.75 Å². The van der Waals surface area contributed by atoms with Crippen molar-refractivity contribution in [1.29, 1.82) is 5.26 Å². The third-order valence-corrected chi connectivity index (χ3v) is 2.88. The standard InChI is InChI=1S/C15H13N3O3/c1-9-5-13(19)11(8-17-9)15(20)18-12-4-3-10(7-16)6-14(12)21-2/h3-6,8H,1-2H3,(H,17,19)(H,18,20). The van der Waals surface area contributed by atoms with Crippen molar-refractivity contribution in [2.75, 3.05) is 12.4 Å². The van der Waals surface area contributed by atoms with E-state index in [-0.39, 0.29) is 11.0 Å². The number of anilines is 1. The molecule has 0 atom stereocenters. The molecular formula is C15H13N3O3. The molecule has 0 saturated heterocycles. The second kappa shape index (κ2) is 5.92. The molecule has 2 N–H and O–H groups in total. The van der Waals surface area contributed by atoms with Gasteiger partial charge in [-0.3, -0.25) is 9.59 Å². The van der Waals surface area contributed by atoms with Crippen molar-refractivity contribution < 1.29 is 9.53 Å². The largest absolute Gasteiger partial charge is 0.495 e. The van der Waals surface area contributed by atoms with E-state index >= 15 is 0 Å². The number of H-pyrrole nitrogens is 1. The number of hydrogen-bond donors (Lipinski definition) is 2. The van der Waals surface area contributed by atoms with Crippen LogP contribution in [0.3, 0.4) is 0 Å². The van der Waals surface area contributed by atoms with Crippen molar-refractivity contribution in [3.63, 3.8) is 0 Å². The molecule has 21 heavy (non-hydrogen) atoms. The molecule has 6 nitrogen and oxygen atoms in total. The van der Waals surface area contributed by atoms with Crippen molar-refractivity contribution in [3.05, 3.63) is 57.5 Å². The topological polar surface area (TPSA) is 95.0 Å². The summed E-state index contributed by atoms with van der Waals surface area (Å²) < 4.78 is 5.12. The van der Waals surface area contributed by atoms with Crippen LogP contribution in [-0.2, 0) is 0 Å². The van der Waals surface area contributed by atoms with Crippen LogP contribution in [0.15, 0.2) is 35.3 Å². The highest BCUT2D eigenvalue weighted by molar-refractivity contribution is 6.04. The maximum absolute atomic E-state index is 12.1. The van der Waals surface area contributed by atoms with E-state index in [1.165, 1.54) is 25.4 Å². The quantitative estimate of drug-likeness (QED) is 0.898. The molecule has 2 aromatic rings. The van der Waals surface area contributed by atoms with Gasteiger partial charge in [0.25, 0.3) is 5.91 Å². The van der Waals surface area contributed by atoms with Gasteiger partial charge in [0, 0.05) is 24.0 Å². The summed E-state index contributed by atoms with van der Waals surface area (Å²) in [7, 11) is 1.44. The predicted octanol–water partition coefficient (Wildman–Crippen LogP) is 1.82. The van der Waals surface area contributed by atoms with E-state index < -0.39 is 5.91 Å². The molecule has 0 fully saturated rings. The van der Waals surface area contributed by atoms with E-state index in [9.17, 15) is 9.59 Å². The summed E-state index contributed by atoms with van der Waals surface area (Å²) in [6.45, 7) is 1.73. The average Bonchev–Trinajstić information content (AvgIpc) is 2.47. The Labute approximate surface area is 121 Å². The monoisotopic (exact) mass is 283 g/mol. The zero-order valence-corrected chi connectivity index (χ0v) is 11.6. The zero-order chi connectivity index (χ0) is 15.4. The minimum Gasteiger partial charge on any atom is -0.495 e. The van der Waals surface area contributed by atoms with Crippen LogP contribution in [0.4, 0.5) is 5.69 Å². The first-order valence-corrected chi connectivity index (χ1v) is 6.14. The number of pyridine rings is 1. The Bertz CT molecular complexity index is 787. The minimum atomic E-state index is -0.542. The Morgan fingerprint density at radius 2 is 2.14 bits per heavy atom. The molecular weight excluding hydrogens is 270 g/mol. The van der Waals surface area contributed by atoms with Gasteiger partial charge in [-0.1, -0.05) is 0 Å². The second-order valence-electron chi connectivity index (χ2n) is 4.37. The molecule has 1 aromatic carbocycles. The van der Waals surface area contributed by atoms with Gasteiger partial charge >= 0.3 is 0 Å². The lowest BCUT2D eigenvalue weighted by Crippen LogP contribution is -2.21. The minimum absolute atomic E-state index is 0.00649. The molecule has 2 rings (SSSR count). The second-order valence-corrected chi connectivity index (χ2v) is 4.37. The first-order valence-electron chi connectivity index (χ1n) is 6.14. The maximum Gasteiger partial charge on any atom is 0.261 e. The number of methoxy groups -OCH3 is 1. The Morgan fingerprint density at radius 3 is 2.76 bits per heavy atom. The predicted molar refractivity (Wildman–Crippen MR) is 77.5 cm³/mol. The third kappa shape index (κ3) is 3.09. The number of ether oxygens (including phenoxy) is 1. The van der Waals surface area contributed by atoms with Gasteiger partial charge in [0.1, 0.15) is 11.3 Å². The molecule has 0 aliphatic heterocycles. The first kappa shape index (κ1) is 14.3. The summed E-state index contributed by atoms with van der Waals surface area (Å²) in [5.74, 6) is -0.190. The summed E-state index contributed by atoms with van der Waals surface area (Å²) in [6, 6.07) is 7.95. The van der Waals surface area contributed by atoms with Crippen LogP contribution in [-0.4, -0.2) is 18.0 Å². The molecule has 0 aliphatic rings. The van der Waals surface area contributed by atoms with Crippen molar-refractivity contribution in [3.8, 4) is 11.8 Å². The van der Waals surface area contributed by atoms with Crippen LogP contribution in [0.25, 0.3) is 0 Å². The Kier molecular flexibility index (Phi) is 4.05. The number of nitrogens with one attached hydrogen (secondary N) is 2. The van der Waals surface area contributed by atoms with Gasteiger partial charge in [-0.25, -0.2) is 0 Å². The summed E-state index contributed by atoms with van der Waals surface area (Å²) in [5.41, 5.74) is 1.12. The highest BCUT2D eigenvalue weighted by Gasteiger charge is 2.13. The van der Waals surface area contributed by atoms with Crippen molar-refractivity contribution in [1.82, 2.24) is 4.98 Å². The average molecular weight is 283 g/mol. The van der Waals surface area contributed by atoms with Crippen LogP contribution in [0.1, 0.15) is 21.6 Å². The molecule has 0 bridgehead atoms. The van der Waals surface area contributed by atoms with Gasteiger partial charge in [-0.15, -0.1) is 0 Å². The number of aromatic amines is 1. The summed E-state index contributed by atoms with van der Waals surface area (Å²) >= 11 is 0. The fourth-order valence-corrected chi connectivity index (χ4v) is 1.80. The van der Waals surface area contributed by atoms with E-state index in [4.69, 9.17) is 10.00 Å². The van der Waals surface area contributed by atoms with Crippen molar-refractivity contribution in [2.45, 2.75) is 6.92 Å². The molecule has 6 heteroatoms. The molecule has 1 aromatic heterocycles. The number of aromatic nitrogens is 1. The third-order valence-electron chi connectivity index (χ3n) is 2.88. The molecule has 0 saturated carbocycles. The van der Waals surface area contributed by atoms with Crippen molar-refractivity contribution >= 4 is 11.6 Å². The normalized spacial score (nSPS) is 9.76. The maximum atomic E-state index is 12.1. The smallest absolute Gasteiger partial charge is 0.261 e. The van der Waals surface area contributed by atoms with E-state index in [1.807, 2.05) is 6.07 Å². The van der Waals surface area contributed by atoms with Gasteiger partial charge < -0.3 is 15.0 Å². The fraction of sp³-hybridized carbons (Fsp3) is 0.133.